The summed E-state index contributed by atoms with van der Waals surface area (Å²) in [4.78, 5) is 73.6. The van der Waals surface area contributed by atoms with Crippen LogP contribution >= 0.6 is 38.5 Å². The van der Waals surface area contributed by atoms with Crippen LogP contribution in [0.3, 0.4) is 0 Å². The standard InChI is InChI=1S/C19H13FN4.C17H18N4O.C12H10N4.C10H14BN2O3.C7H5BrN2.C7H7FO.CH2I.3CH4.V/c20-12-4-1-3-11(9-12)17-15-10-23-19-16(15)13(6-8-22-19)14-5-2-7-21-18(14)24-17;1-17(2,3)16(22)21-15-12(5-4-8-18-15)11-6-9-19-14-13(11)7-10-20-14;13-11-9(2-1-5-14-11)8-3-6-15-12-10(8)4-7-16-12;1-10(2,3)9(14)13-8-7(16-11-15)5-4-6-12-8;8-6-2-4-10-7-5(6)1-3-9-7;1-9-7-4-2-3-6(8)5-7;1-2;;;;/h1-10,17H,(H,21,24)(H,22,23);4-10H,1-3H3,(H,19,20)(H,18,21,22);1-7H,(H2,13,14)(H,15,16);4-6,15H,1-3H3,(H,12,13,14);1-4H,(H,9,10);2-5H,1H3;1H2;3*1H4;/q;;;;;;-1;;;;. The van der Waals surface area contributed by atoms with Gasteiger partial charge in [-0.25, -0.2) is 48.7 Å². The van der Waals surface area contributed by atoms with E-state index in [0.29, 0.717) is 30.8 Å². The fourth-order valence-corrected chi connectivity index (χ4v) is 10.4. The predicted octanol–water partition coefficient (Wildman–Crippen LogP) is 18.3. The maximum Gasteiger partial charge on any atom is 0.569 e. The number of anilines is 4. The maximum absolute atomic E-state index is 13.8. The average Bonchev–Trinajstić information content (AvgIpc) is 1.61. The van der Waals surface area contributed by atoms with Crippen molar-refractivity contribution in [3.8, 4) is 44.9 Å². The monoisotopic (exact) mass is 1600 g/mol. The SMILES string of the molecule is Brc1ccnc2[nH]ccc12.C.C.C.CC(C)(C)C(=O)Nc1ncccc1-c1ccnc2[nH]ccc12.CC(C)(C)C(=O)Nc1ncccc1O[B]O.COc1cccc(F)c1.Fc1cccc(C2Nc3ncccc3-c3ccnc4[nH]cc2c34)c1.Nc1ncccc1-c1ccnc2[nH]ccc12.[CH2-]I.[V]. The number of benzene rings is 2. The number of carbonyl (C=O) groups is 2. The summed E-state index contributed by atoms with van der Waals surface area (Å²) in [5.41, 5.74) is 16.1. The van der Waals surface area contributed by atoms with E-state index >= 15 is 0 Å². The summed E-state index contributed by atoms with van der Waals surface area (Å²) >= 11 is 5.32. The molecule has 13 heterocycles. The number of methoxy groups -OCH3 is 1. The number of pyridine rings is 8. The molecule has 0 bridgehead atoms. The van der Waals surface area contributed by atoms with Crippen LogP contribution in [0.4, 0.5) is 32.1 Å². The number of fused-ring (bicyclic) bond motifs is 5. The number of nitrogens with one attached hydrogen (secondary N) is 7. The zero-order valence-electron chi connectivity index (χ0n) is 55.3. The largest absolute Gasteiger partial charge is 0.569 e. The molecule has 0 saturated carbocycles. The minimum atomic E-state index is -0.516. The third kappa shape index (κ3) is 21.4. The Labute approximate surface area is 632 Å². The van der Waals surface area contributed by atoms with Crippen molar-refractivity contribution in [3.05, 3.63) is 246 Å². The van der Waals surface area contributed by atoms with Gasteiger partial charge in [0, 0.05) is 158 Å². The average molecular weight is 1610 g/mol. The number of nitrogens with two attached hydrogens (primary N) is 1. The molecule has 12 aromatic heterocycles. The van der Waals surface area contributed by atoms with Crippen molar-refractivity contribution < 1.29 is 51.3 Å². The molecular weight excluding hydrogens is 1520 g/mol. The molecule has 2 aromatic carbocycles. The van der Waals surface area contributed by atoms with Crippen LogP contribution in [0.25, 0.3) is 77.5 Å². The van der Waals surface area contributed by atoms with Gasteiger partial charge in [-0.15, -0.1) is 0 Å². The zero-order valence-corrected chi connectivity index (χ0v) is 60.4. The van der Waals surface area contributed by atoms with Gasteiger partial charge in [-0.05, 0) is 153 Å². The molecular formula is C76H81BBrF2IN16O5V-. The van der Waals surface area contributed by atoms with Crippen molar-refractivity contribution in [2.45, 2.75) is 69.9 Å². The topological polar surface area (TPSA) is 301 Å². The second kappa shape index (κ2) is 39.2. The van der Waals surface area contributed by atoms with Gasteiger partial charge in [0.25, 0.3) is 0 Å². The van der Waals surface area contributed by atoms with E-state index in [4.69, 9.17) is 20.1 Å². The number of aromatic nitrogens is 12. The molecule has 1 aliphatic rings. The Hall–Kier alpha value is -10.4. The molecule has 10 N–H and O–H groups in total. The first-order chi connectivity index (χ1) is 47.8. The Morgan fingerprint density at radius 3 is 1.59 bits per heavy atom. The molecule has 2 radical (unpaired) electrons. The van der Waals surface area contributed by atoms with Gasteiger partial charge >= 0.3 is 7.69 Å². The van der Waals surface area contributed by atoms with E-state index < -0.39 is 10.8 Å². The molecule has 27 heteroatoms. The molecule has 103 heavy (non-hydrogen) atoms. The molecule has 1 atom stereocenters. The van der Waals surface area contributed by atoms with E-state index in [0.717, 1.165) is 98.9 Å². The normalized spacial score (nSPS) is 11.3. The third-order valence-electron chi connectivity index (χ3n) is 14.8. The Morgan fingerprint density at radius 1 is 0.553 bits per heavy atom. The molecule has 2 amide bonds. The predicted molar refractivity (Wildman–Crippen MR) is 420 cm³/mol. The Balaban J connectivity index is 0.000000226. The number of amides is 2. The van der Waals surface area contributed by atoms with Crippen LogP contribution in [0, 0.1) is 27.4 Å². The number of rotatable bonds is 8. The second-order valence-electron chi connectivity index (χ2n) is 23.6. The number of ether oxygens (including phenoxy) is 1. The first-order valence-electron chi connectivity index (χ1n) is 30.6. The number of nitrogens with zero attached hydrogens (tertiary/aromatic N) is 8. The van der Waals surface area contributed by atoms with Crippen LogP contribution in [0.1, 0.15) is 81.0 Å². The summed E-state index contributed by atoms with van der Waals surface area (Å²) in [5.74, 6) is 2.27. The van der Waals surface area contributed by atoms with Gasteiger partial charge in [-0.2, -0.15) is 0 Å². The summed E-state index contributed by atoms with van der Waals surface area (Å²) in [6.07, 6.45) is 21.3. The molecule has 1 aliphatic heterocycles. The first kappa shape index (κ1) is 83.3. The molecule has 532 valence electrons. The quantitative estimate of drug-likeness (QED) is 0.0388. The Bertz CT molecular complexity index is 5030. The van der Waals surface area contributed by atoms with Crippen molar-refractivity contribution in [3.63, 3.8) is 0 Å². The molecule has 1 unspecified atom stereocenters. The first-order valence-corrected chi connectivity index (χ1v) is 32.9. The van der Waals surface area contributed by atoms with E-state index in [1.165, 1.54) is 31.5 Å². The van der Waals surface area contributed by atoms with Crippen LogP contribution in [0.15, 0.2) is 218 Å². The number of hydrogen-bond acceptors (Lipinski definition) is 15. The molecule has 0 aliphatic carbocycles. The fourth-order valence-electron chi connectivity index (χ4n) is 9.94. The second-order valence-corrected chi connectivity index (χ2v) is 24.4. The van der Waals surface area contributed by atoms with E-state index in [2.05, 4.69) is 96.6 Å². The van der Waals surface area contributed by atoms with Gasteiger partial charge in [-0.1, -0.05) is 82.0 Å². The van der Waals surface area contributed by atoms with Crippen LogP contribution < -0.4 is 31.1 Å². The molecule has 14 aromatic rings. The Kier molecular flexibility index (Phi) is 31.7. The molecule has 21 nitrogen and oxygen atoms in total. The number of H-pyrrole nitrogens is 4. The number of nitrogen functional groups attached to an aromatic ring is 1. The van der Waals surface area contributed by atoms with Crippen LogP contribution in [-0.4, -0.2) is 91.4 Å². The van der Waals surface area contributed by atoms with Crippen molar-refractivity contribution in [1.29, 1.82) is 0 Å². The Morgan fingerprint density at radius 2 is 1.04 bits per heavy atom. The smallest absolute Gasteiger partial charge is 0.535 e. The summed E-state index contributed by atoms with van der Waals surface area (Å²) in [5, 5.41) is 21.8. The summed E-state index contributed by atoms with van der Waals surface area (Å²) in [7, 11) is 2.05. The number of aromatic amines is 4. The van der Waals surface area contributed by atoms with Gasteiger partial charge in [0.2, 0.25) is 11.8 Å². The molecule has 0 fully saturated rings. The van der Waals surface area contributed by atoms with Gasteiger partial charge in [0.1, 0.15) is 63.2 Å². The van der Waals surface area contributed by atoms with Gasteiger partial charge in [0.05, 0.1) is 13.2 Å². The zero-order chi connectivity index (χ0) is 70.6. The minimum Gasteiger partial charge on any atom is -0.535 e. The van der Waals surface area contributed by atoms with Crippen molar-refractivity contribution in [2.24, 2.45) is 10.8 Å². The van der Waals surface area contributed by atoms with E-state index in [1.54, 1.807) is 101 Å². The fraction of sp³-hybridized carbons (Fsp3) is 0.171. The minimum absolute atomic E-state index is 0. The van der Waals surface area contributed by atoms with Crippen LogP contribution in [0.5, 0.6) is 11.5 Å². The summed E-state index contributed by atoms with van der Waals surface area (Å²) in [6.45, 7) is 11.0. The van der Waals surface area contributed by atoms with Crippen LogP contribution in [-0.2, 0) is 28.1 Å². The maximum atomic E-state index is 13.8. The summed E-state index contributed by atoms with van der Waals surface area (Å²) < 4.78 is 36.7. The van der Waals surface area contributed by atoms with E-state index in [-0.39, 0.29) is 76.1 Å². The number of carbonyl (C=O) groups excluding carboxylic acids is 2. The number of hydrogen-bond donors (Lipinski definition) is 9. The van der Waals surface area contributed by atoms with Gasteiger partial charge < -0.3 is 78.6 Å². The van der Waals surface area contributed by atoms with Crippen molar-refractivity contribution in [2.75, 3.05) is 28.8 Å². The third-order valence-corrected chi connectivity index (χ3v) is 15.5. The molecule has 0 saturated heterocycles. The van der Waals surface area contributed by atoms with E-state index in [9.17, 15) is 18.4 Å². The van der Waals surface area contributed by atoms with E-state index in [1.807, 2.05) is 153 Å². The van der Waals surface area contributed by atoms with Crippen molar-refractivity contribution in [1.82, 2.24) is 59.8 Å². The molecule has 0 spiro atoms. The summed E-state index contributed by atoms with van der Waals surface area (Å²) in [6, 6.07) is 41.1. The number of halogens is 4. The van der Waals surface area contributed by atoms with Gasteiger partial charge in [0.15, 0.2) is 5.82 Å². The van der Waals surface area contributed by atoms with Gasteiger partial charge in [-0.3, -0.25) is 14.5 Å². The van der Waals surface area contributed by atoms with Crippen LogP contribution in [0.2, 0.25) is 0 Å². The van der Waals surface area contributed by atoms with Crippen molar-refractivity contribution >= 4 is 125 Å². The molecule has 15 rings (SSSR count).